The molecule has 7 nitrogen and oxygen atoms in total. The van der Waals surface area contributed by atoms with E-state index in [0.717, 1.165) is 49.5 Å². The average Bonchev–Trinajstić information content (AvgIpc) is 3.06. The first-order valence-electron chi connectivity index (χ1n) is 10.7. The van der Waals surface area contributed by atoms with Gasteiger partial charge in [0.1, 0.15) is 12.3 Å². The lowest BCUT2D eigenvalue weighted by Gasteiger charge is -2.42. The number of aromatic nitrogens is 1. The third-order valence-corrected chi connectivity index (χ3v) is 6.48. The predicted molar refractivity (Wildman–Crippen MR) is 113 cm³/mol. The maximum Gasteiger partial charge on any atom is 0.254 e. The van der Waals surface area contributed by atoms with E-state index in [2.05, 4.69) is 10.1 Å². The number of aryl methyl sites for hydroxylation is 3. The highest BCUT2D eigenvalue weighted by Crippen LogP contribution is 2.23. The summed E-state index contributed by atoms with van der Waals surface area (Å²) in [7, 11) is 0. The van der Waals surface area contributed by atoms with Gasteiger partial charge in [0.2, 0.25) is 5.91 Å². The lowest BCUT2D eigenvalue weighted by atomic mass is 10.0. The van der Waals surface area contributed by atoms with Crippen molar-refractivity contribution < 1.29 is 14.1 Å². The first kappa shape index (κ1) is 20.6. The van der Waals surface area contributed by atoms with Gasteiger partial charge in [0.05, 0.1) is 5.69 Å². The minimum Gasteiger partial charge on any atom is -0.361 e. The zero-order chi connectivity index (χ0) is 21.3. The van der Waals surface area contributed by atoms with Gasteiger partial charge >= 0.3 is 0 Å². The summed E-state index contributed by atoms with van der Waals surface area (Å²) in [6.45, 7) is 10.0. The van der Waals surface area contributed by atoms with Crippen molar-refractivity contribution >= 4 is 11.8 Å². The van der Waals surface area contributed by atoms with E-state index < -0.39 is 0 Å². The SMILES string of the molecule is Cc1ccccc1C(=O)N1CCN(C2CCN(Cc3c(C)noc3C)CC2)C(=O)C1. The number of nitrogens with zero attached hydrogens (tertiary/aromatic N) is 4. The van der Waals surface area contributed by atoms with E-state index in [9.17, 15) is 9.59 Å². The fraction of sp³-hybridized carbons (Fsp3) is 0.522. The summed E-state index contributed by atoms with van der Waals surface area (Å²) in [5.41, 5.74) is 3.77. The Morgan fingerprint density at radius 1 is 1.10 bits per heavy atom. The molecule has 1 aromatic carbocycles. The third-order valence-electron chi connectivity index (χ3n) is 6.48. The molecule has 0 unspecified atom stereocenters. The minimum absolute atomic E-state index is 0.0459. The van der Waals surface area contributed by atoms with Gasteiger partial charge in [-0.2, -0.15) is 0 Å². The molecule has 0 spiro atoms. The topological polar surface area (TPSA) is 69.9 Å². The van der Waals surface area contributed by atoms with Gasteiger partial charge in [-0.3, -0.25) is 14.5 Å². The molecule has 2 fully saturated rings. The van der Waals surface area contributed by atoms with Gasteiger partial charge in [0.15, 0.2) is 0 Å². The molecule has 0 radical (unpaired) electrons. The van der Waals surface area contributed by atoms with Crippen molar-refractivity contribution in [1.29, 1.82) is 0 Å². The highest BCUT2D eigenvalue weighted by Gasteiger charge is 2.34. The Morgan fingerprint density at radius 3 is 2.47 bits per heavy atom. The molecule has 0 N–H and O–H groups in total. The predicted octanol–water partition coefficient (Wildman–Crippen LogP) is 2.55. The third kappa shape index (κ3) is 4.12. The van der Waals surface area contributed by atoms with Crippen LogP contribution in [0, 0.1) is 20.8 Å². The van der Waals surface area contributed by atoms with Crippen LogP contribution in [0.25, 0.3) is 0 Å². The summed E-state index contributed by atoms with van der Waals surface area (Å²) >= 11 is 0. The Morgan fingerprint density at radius 2 is 1.83 bits per heavy atom. The zero-order valence-corrected chi connectivity index (χ0v) is 18.1. The number of amides is 2. The largest absolute Gasteiger partial charge is 0.361 e. The van der Waals surface area contributed by atoms with Crippen LogP contribution in [-0.2, 0) is 11.3 Å². The zero-order valence-electron chi connectivity index (χ0n) is 18.1. The Labute approximate surface area is 177 Å². The number of carbonyl (C=O) groups is 2. The van der Waals surface area contributed by atoms with Crippen LogP contribution >= 0.6 is 0 Å². The van der Waals surface area contributed by atoms with Gasteiger partial charge in [-0.25, -0.2) is 0 Å². The number of rotatable bonds is 4. The van der Waals surface area contributed by atoms with E-state index in [4.69, 9.17) is 4.52 Å². The highest BCUT2D eigenvalue weighted by molar-refractivity contribution is 5.98. The maximum absolute atomic E-state index is 12.8. The van der Waals surface area contributed by atoms with E-state index in [-0.39, 0.29) is 24.4 Å². The molecular formula is C23H30N4O3. The molecule has 3 heterocycles. The van der Waals surface area contributed by atoms with Crippen LogP contribution in [0.15, 0.2) is 28.8 Å². The summed E-state index contributed by atoms with van der Waals surface area (Å²) in [6.07, 6.45) is 1.92. The van der Waals surface area contributed by atoms with E-state index in [0.29, 0.717) is 18.7 Å². The molecule has 2 saturated heterocycles. The van der Waals surface area contributed by atoms with Gasteiger partial charge in [0.25, 0.3) is 5.91 Å². The minimum atomic E-state index is -0.0459. The molecule has 2 aliphatic heterocycles. The van der Waals surface area contributed by atoms with Gasteiger partial charge in [-0.05, 0) is 45.2 Å². The number of piperazine rings is 1. The highest BCUT2D eigenvalue weighted by atomic mass is 16.5. The monoisotopic (exact) mass is 410 g/mol. The van der Waals surface area contributed by atoms with Crippen LogP contribution in [0.3, 0.4) is 0 Å². The summed E-state index contributed by atoms with van der Waals surface area (Å²) in [6, 6.07) is 7.82. The normalized spacial score (nSPS) is 18.8. The molecule has 7 heteroatoms. The fourth-order valence-corrected chi connectivity index (χ4v) is 4.57. The molecule has 4 rings (SSSR count). The summed E-state index contributed by atoms with van der Waals surface area (Å²) in [5, 5.41) is 4.04. The second-order valence-corrected chi connectivity index (χ2v) is 8.44. The number of carbonyl (C=O) groups excluding carboxylic acids is 2. The van der Waals surface area contributed by atoms with Gasteiger partial charge in [0, 0.05) is 49.9 Å². The van der Waals surface area contributed by atoms with Gasteiger partial charge < -0.3 is 14.3 Å². The van der Waals surface area contributed by atoms with E-state index >= 15 is 0 Å². The smallest absolute Gasteiger partial charge is 0.254 e. The van der Waals surface area contributed by atoms with Crippen molar-refractivity contribution in [1.82, 2.24) is 19.9 Å². The van der Waals surface area contributed by atoms with E-state index in [1.165, 1.54) is 5.56 Å². The van der Waals surface area contributed by atoms with E-state index in [1.54, 1.807) is 4.90 Å². The van der Waals surface area contributed by atoms with Crippen molar-refractivity contribution in [2.45, 2.75) is 46.2 Å². The lowest BCUT2D eigenvalue weighted by Crippen LogP contribution is -2.57. The number of hydrogen-bond donors (Lipinski definition) is 0. The Balaban J connectivity index is 1.31. The Hall–Kier alpha value is -2.67. The van der Waals surface area contributed by atoms with E-state index in [1.807, 2.05) is 49.9 Å². The van der Waals surface area contributed by atoms with Crippen molar-refractivity contribution in [3.05, 3.63) is 52.4 Å². The molecule has 30 heavy (non-hydrogen) atoms. The molecule has 0 aliphatic carbocycles. The summed E-state index contributed by atoms with van der Waals surface area (Å²) in [5.74, 6) is 0.905. The molecule has 2 aromatic rings. The number of benzene rings is 1. The molecule has 2 aliphatic rings. The van der Waals surface area contributed by atoms with Gasteiger partial charge in [-0.1, -0.05) is 23.4 Å². The van der Waals surface area contributed by atoms with Crippen molar-refractivity contribution in [2.75, 3.05) is 32.7 Å². The number of likely N-dealkylation sites (tertiary alicyclic amines) is 1. The molecular weight excluding hydrogens is 380 g/mol. The standard InChI is InChI=1S/C23H30N4O3/c1-16-6-4-5-7-20(16)23(29)26-12-13-27(22(28)15-26)19-8-10-25(11-9-19)14-21-17(2)24-30-18(21)3/h4-7,19H,8-15H2,1-3H3. The Bertz CT molecular complexity index is 911. The molecule has 1 aromatic heterocycles. The molecule has 160 valence electrons. The molecule has 0 atom stereocenters. The van der Waals surface area contributed by atoms with Crippen LogP contribution in [0.4, 0.5) is 0 Å². The van der Waals surface area contributed by atoms with Crippen LogP contribution in [-0.4, -0.2) is 70.4 Å². The van der Waals surface area contributed by atoms with Crippen molar-refractivity contribution in [2.24, 2.45) is 0 Å². The van der Waals surface area contributed by atoms with Crippen LogP contribution in [0.5, 0.6) is 0 Å². The van der Waals surface area contributed by atoms with Crippen LogP contribution < -0.4 is 0 Å². The quantitative estimate of drug-likeness (QED) is 0.775. The summed E-state index contributed by atoms with van der Waals surface area (Å²) in [4.78, 5) is 31.8. The Kier molecular flexibility index (Phi) is 5.90. The number of piperidine rings is 1. The van der Waals surface area contributed by atoms with Crippen LogP contribution in [0.1, 0.15) is 45.8 Å². The molecule has 0 bridgehead atoms. The molecule has 0 saturated carbocycles. The van der Waals surface area contributed by atoms with Crippen molar-refractivity contribution in [3.63, 3.8) is 0 Å². The molecule has 2 amide bonds. The van der Waals surface area contributed by atoms with Gasteiger partial charge in [-0.15, -0.1) is 0 Å². The lowest BCUT2D eigenvalue weighted by molar-refractivity contribution is -0.138. The first-order chi connectivity index (χ1) is 14.4. The second kappa shape index (κ2) is 8.60. The average molecular weight is 411 g/mol. The number of hydrogen-bond acceptors (Lipinski definition) is 5. The fourth-order valence-electron chi connectivity index (χ4n) is 4.57. The summed E-state index contributed by atoms with van der Waals surface area (Å²) < 4.78 is 5.27. The first-order valence-corrected chi connectivity index (χ1v) is 10.7. The maximum atomic E-state index is 12.8. The van der Waals surface area contributed by atoms with Crippen molar-refractivity contribution in [3.8, 4) is 0 Å². The second-order valence-electron chi connectivity index (χ2n) is 8.44. The van der Waals surface area contributed by atoms with Crippen LogP contribution in [0.2, 0.25) is 0 Å².